The number of alkyl halides is 2. The van der Waals surface area contributed by atoms with Crippen LogP contribution < -0.4 is 0 Å². The maximum atomic E-state index is 12.9. The topological polar surface area (TPSA) is 30.0 Å². The van der Waals surface area contributed by atoms with Crippen molar-refractivity contribution in [1.29, 1.82) is 0 Å². The van der Waals surface area contributed by atoms with Crippen molar-refractivity contribution in [3.05, 3.63) is 65.2 Å². The van der Waals surface area contributed by atoms with Crippen LogP contribution in [0.1, 0.15) is 27.9 Å². The third-order valence-electron chi connectivity index (χ3n) is 2.44. The van der Waals surface area contributed by atoms with Crippen LogP contribution in [0.4, 0.5) is 13.2 Å². The smallest absolute Gasteiger partial charge is 0.264 e. The maximum Gasteiger partial charge on any atom is 0.264 e. The summed E-state index contributed by atoms with van der Waals surface area (Å²) >= 11 is 0. The van der Waals surface area contributed by atoms with Crippen molar-refractivity contribution in [2.75, 3.05) is 0 Å². The first-order valence-corrected chi connectivity index (χ1v) is 5.12. The molecule has 1 heterocycles. The van der Waals surface area contributed by atoms with Gasteiger partial charge in [0.2, 0.25) is 0 Å². The molecule has 0 aliphatic heterocycles. The zero-order valence-electron chi connectivity index (χ0n) is 9.11. The second-order valence-corrected chi connectivity index (χ2v) is 3.60. The van der Waals surface area contributed by atoms with E-state index < -0.39 is 23.6 Å². The van der Waals surface area contributed by atoms with Gasteiger partial charge in [0.1, 0.15) is 5.82 Å². The lowest BCUT2D eigenvalue weighted by Crippen LogP contribution is -2.06. The van der Waals surface area contributed by atoms with Crippen molar-refractivity contribution < 1.29 is 18.0 Å². The van der Waals surface area contributed by atoms with E-state index in [4.69, 9.17) is 0 Å². The van der Waals surface area contributed by atoms with Crippen molar-refractivity contribution in [2.45, 2.75) is 6.43 Å². The second-order valence-electron chi connectivity index (χ2n) is 3.60. The first-order chi connectivity index (χ1) is 8.59. The van der Waals surface area contributed by atoms with E-state index in [-0.39, 0.29) is 11.1 Å². The molecule has 92 valence electrons. The van der Waals surface area contributed by atoms with Gasteiger partial charge in [-0.15, -0.1) is 0 Å². The van der Waals surface area contributed by atoms with Crippen LogP contribution in [0.25, 0.3) is 0 Å². The third-order valence-corrected chi connectivity index (χ3v) is 2.44. The summed E-state index contributed by atoms with van der Waals surface area (Å²) < 4.78 is 38.4. The van der Waals surface area contributed by atoms with Gasteiger partial charge in [-0.1, -0.05) is 0 Å². The first kappa shape index (κ1) is 12.3. The largest absolute Gasteiger partial charge is 0.289 e. The summed E-state index contributed by atoms with van der Waals surface area (Å²) in [5, 5.41) is 0. The molecule has 2 rings (SSSR count). The van der Waals surface area contributed by atoms with Gasteiger partial charge in [0.25, 0.3) is 6.43 Å². The molecule has 0 bridgehead atoms. The molecule has 0 spiro atoms. The molecule has 1 aromatic heterocycles. The lowest BCUT2D eigenvalue weighted by molar-refractivity contribution is 0.102. The van der Waals surface area contributed by atoms with E-state index >= 15 is 0 Å². The highest BCUT2D eigenvalue weighted by molar-refractivity contribution is 6.09. The highest BCUT2D eigenvalue weighted by atomic mass is 19.3. The number of rotatable bonds is 3. The summed E-state index contributed by atoms with van der Waals surface area (Å²) in [6, 6.07) is 5.57. The summed E-state index contributed by atoms with van der Waals surface area (Å²) in [6.45, 7) is 0. The van der Waals surface area contributed by atoms with E-state index in [1.807, 2.05) is 0 Å². The molecular weight excluding hydrogens is 243 g/mol. The minimum atomic E-state index is -2.90. The van der Waals surface area contributed by atoms with E-state index in [2.05, 4.69) is 4.98 Å². The highest BCUT2D eigenvalue weighted by Crippen LogP contribution is 2.25. The Balaban J connectivity index is 2.48. The zero-order chi connectivity index (χ0) is 13.1. The molecule has 0 radical (unpaired) electrons. The van der Waals surface area contributed by atoms with Crippen molar-refractivity contribution >= 4 is 5.78 Å². The molecule has 5 heteroatoms. The lowest BCUT2D eigenvalue weighted by Gasteiger charge is -2.08. The van der Waals surface area contributed by atoms with E-state index in [9.17, 15) is 18.0 Å². The Morgan fingerprint density at radius 2 is 1.78 bits per heavy atom. The number of aromatic nitrogens is 1. The van der Waals surface area contributed by atoms with Crippen LogP contribution in [0.5, 0.6) is 0 Å². The fraction of sp³-hybridized carbons (Fsp3) is 0.0769. The number of pyridine rings is 1. The molecule has 18 heavy (non-hydrogen) atoms. The van der Waals surface area contributed by atoms with Crippen molar-refractivity contribution in [2.24, 2.45) is 0 Å². The Morgan fingerprint density at radius 1 is 1.11 bits per heavy atom. The van der Waals surface area contributed by atoms with Gasteiger partial charge in [0.05, 0.1) is 0 Å². The predicted molar refractivity (Wildman–Crippen MR) is 59.0 cm³/mol. The van der Waals surface area contributed by atoms with E-state index in [0.717, 1.165) is 12.1 Å². The highest BCUT2D eigenvalue weighted by Gasteiger charge is 2.20. The molecule has 1 aromatic carbocycles. The third kappa shape index (κ3) is 2.40. The van der Waals surface area contributed by atoms with Crippen molar-refractivity contribution in [3.8, 4) is 0 Å². The van der Waals surface area contributed by atoms with Gasteiger partial charge >= 0.3 is 0 Å². The van der Waals surface area contributed by atoms with Crippen LogP contribution in [-0.4, -0.2) is 10.8 Å². The lowest BCUT2D eigenvalue weighted by atomic mass is 9.99. The van der Waals surface area contributed by atoms with Crippen LogP contribution in [0.2, 0.25) is 0 Å². The van der Waals surface area contributed by atoms with Gasteiger partial charge in [0.15, 0.2) is 5.78 Å². The summed E-state index contributed by atoms with van der Waals surface area (Å²) in [5.41, 5.74) is -0.562. The van der Waals surface area contributed by atoms with Gasteiger partial charge in [-0.2, -0.15) is 0 Å². The predicted octanol–water partition coefficient (Wildman–Crippen LogP) is 3.39. The molecular formula is C13H8F3NO. The van der Waals surface area contributed by atoms with Crippen LogP contribution in [0, 0.1) is 5.82 Å². The van der Waals surface area contributed by atoms with E-state index in [1.54, 1.807) is 0 Å². The fourth-order valence-corrected chi connectivity index (χ4v) is 1.58. The SMILES string of the molecule is O=C(c1ccncc1)c1ccc(F)cc1C(F)F. The number of nitrogens with zero attached hydrogens (tertiary/aromatic N) is 1. The first-order valence-electron chi connectivity index (χ1n) is 5.12. The quantitative estimate of drug-likeness (QED) is 0.782. The molecule has 0 aliphatic rings. The summed E-state index contributed by atoms with van der Waals surface area (Å²) in [7, 11) is 0. The fourth-order valence-electron chi connectivity index (χ4n) is 1.58. The molecule has 0 saturated heterocycles. The van der Waals surface area contributed by atoms with E-state index in [0.29, 0.717) is 6.07 Å². The zero-order valence-corrected chi connectivity index (χ0v) is 9.11. The molecule has 0 atom stereocenters. The van der Waals surface area contributed by atoms with Crippen molar-refractivity contribution in [1.82, 2.24) is 4.98 Å². The standard InChI is InChI=1S/C13H8F3NO/c14-9-1-2-10(11(7-9)13(15)16)12(18)8-3-5-17-6-4-8/h1-7,13H. The minimum Gasteiger partial charge on any atom is -0.289 e. The Labute approximate surface area is 101 Å². The Kier molecular flexibility index (Phi) is 3.41. The number of benzene rings is 1. The number of hydrogen-bond acceptors (Lipinski definition) is 2. The van der Waals surface area contributed by atoms with Gasteiger partial charge in [-0.05, 0) is 30.3 Å². The molecule has 0 amide bonds. The number of hydrogen-bond donors (Lipinski definition) is 0. The van der Waals surface area contributed by atoms with Crippen molar-refractivity contribution in [3.63, 3.8) is 0 Å². The Hall–Kier alpha value is -2.17. The molecule has 2 aromatic rings. The van der Waals surface area contributed by atoms with E-state index in [1.165, 1.54) is 24.5 Å². The molecule has 0 aliphatic carbocycles. The molecule has 2 nitrogen and oxygen atoms in total. The van der Waals surface area contributed by atoms with Crippen LogP contribution >= 0.6 is 0 Å². The number of ketones is 1. The second kappa shape index (κ2) is 5.00. The molecule has 0 N–H and O–H groups in total. The van der Waals surface area contributed by atoms with Crippen LogP contribution in [0.3, 0.4) is 0 Å². The average molecular weight is 251 g/mol. The summed E-state index contributed by atoms with van der Waals surface area (Å²) in [5.74, 6) is -1.37. The molecule has 0 unspecified atom stereocenters. The molecule has 0 fully saturated rings. The maximum absolute atomic E-state index is 12.9. The Bertz CT molecular complexity index is 570. The average Bonchev–Trinajstić information content (AvgIpc) is 2.39. The monoisotopic (exact) mass is 251 g/mol. The normalized spacial score (nSPS) is 10.7. The van der Waals surface area contributed by atoms with Crippen LogP contribution in [0.15, 0.2) is 42.7 Å². The molecule has 0 saturated carbocycles. The van der Waals surface area contributed by atoms with Gasteiger partial charge in [-0.25, -0.2) is 13.2 Å². The minimum absolute atomic E-state index is 0.197. The number of carbonyl (C=O) groups is 1. The number of carbonyl (C=O) groups excluding carboxylic acids is 1. The van der Waals surface area contributed by atoms with Gasteiger partial charge in [-0.3, -0.25) is 9.78 Å². The summed E-state index contributed by atoms with van der Waals surface area (Å²) in [4.78, 5) is 15.7. The van der Waals surface area contributed by atoms with Gasteiger partial charge < -0.3 is 0 Å². The number of halogens is 3. The van der Waals surface area contributed by atoms with Gasteiger partial charge in [0, 0.05) is 29.1 Å². The Morgan fingerprint density at radius 3 is 2.39 bits per heavy atom. The van der Waals surface area contributed by atoms with Crippen LogP contribution in [-0.2, 0) is 0 Å². The summed E-state index contributed by atoms with van der Waals surface area (Å²) in [6.07, 6.45) is -0.126.